The molecule has 0 saturated carbocycles. The molecular formula is C14H10N2O2S. The van der Waals surface area contributed by atoms with Gasteiger partial charge in [0.15, 0.2) is 16.9 Å². The first-order valence-electron chi connectivity index (χ1n) is 5.72. The summed E-state index contributed by atoms with van der Waals surface area (Å²) in [5.41, 5.74) is 2.10. The second kappa shape index (κ2) is 4.50. The monoisotopic (exact) mass is 270 g/mol. The molecule has 0 spiro atoms. The molecule has 0 fully saturated rings. The number of furan rings is 1. The molecule has 3 aromatic rings. The number of aryl methyl sites for hydroxylation is 1. The smallest absolute Gasteiger partial charge is 0.198 e. The first-order chi connectivity index (χ1) is 9.17. The van der Waals surface area contributed by atoms with Crippen molar-refractivity contribution in [3.8, 4) is 16.8 Å². The summed E-state index contributed by atoms with van der Waals surface area (Å²) in [5, 5.41) is 18.8. The number of fused-ring (bicyclic) bond motifs is 1. The van der Waals surface area contributed by atoms with E-state index in [4.69, 9.17) is 9.68 Å². The molecule has 3 rings (SSSR count). The van der Waals surface area contributed by atoms with E-state index in [0.717, 1.165) is 15.2 Å². The number of nitrogens with zero attached hydrogens (tertiary/aromatic N) is 2. The largest absolute Gasteiger partial charge is 0.455 e. The van der Waals surface area contributed by atoms with Crippen molar-refractivity contribution in [1.29, 1.82) is 5.26 Å². The summed E-state index contributed by atoms with van der Waals surface area (Å²) >= 11 is 1.53. The molecule has 1 atom stereocenters. The van der Waals surface area contributed by atoms with Gasteiger partial charge in [0, 0.05) is 0 Å². The van der Waals surface area contributed by atoms with Gasteiger partial charge in [-0.3, -0.25) is 0 Å². The molecule has 4 nitrogen and oxygen atoms in total. The average molecular weight is 270 g/mol. The molecule has 0 aliphatic carbocycles. The molecule has 0 radical (unpaired) electrons. The van der Waals surface area contributed by atoms with Gasteiger partial charge in [-0.15, -0.1) is 11.3 Å². The summed E-state index contributed by atoms with van der Waals surface area (Å²) in [6.07, 6.45) is -1.23. The number of aliphatic hydroxyl groups excluding tert-OH is 1. The van der Waals surface area contributed by atoms with Gasteiger partial charge in [-0.05, 0) is 36.8 Å². The van der Waals surface area contributed by atoms with Crippen LogP contribution in [0.4, 0.5) is 0 Å². The molecule has 0 saturated heterocycles. The quantitative estimate of drug-likeness (QED) is 0.724. The molecule has 1 aromatic carbocycles. The third-order valence-corrected chi connectivity index (χ3v) is 3.81. The minimum absolute atomic E-state index is 0.243. The van der Waals surface area contributed by atoms with Crippen molar-refractivity contribution in [3.05, 3.63) is 41.7 Å². The fourth-order valence-corrected chi connectivity index (χ4v) is 2.84. The number of aromatic nitrogens is 1. The lowest BCUT2D eigenvalue weighted by Gasteiger charge is -1.94. The summed E-state index contributed by atoms with van der Waals surface area (Å²) in [6, 6.07) is 11.1. The number of thiazole rings is 1. The number of benzene rings is 1. The van der Waals surface area contributed by atoms with Crippen molar-refractivity contribution >= 4 is 21.6 Å². The first-order valence-corrected chi connectivity index (χ1v) is 6.54. The maximum absolute atomic E-state index is 9.39. The van der Waals surface area contributed by atoms with Gasteiger partial charge in [0.25, 0.3) is 0 Å². The van der Waals surface area contributed by atoms with E-state index in [0.29, 0.717) is 5.76 Å². The second-order valence-electron chi connectivity index (χ2n) is 4.22. The molecule has 0 bridgehead atoms. The predicted octanol–water partition coefficient (Wildman–Crippen LogP) is 3.42. The molecular weight excluding hydrogens is 260 g/mol. The third kappa shape index (κ3) is 2.12. The summed E-state index contributed by atoms with van der Waals surface area (Å²) in [7, 11) is 0. The van der Waals surface area contributed by atoms with Crippen LogP contribution in [0.1, 0.15) is 17.4 Å². The van der Waals surface area contributed by atoms with E-state index in [9.17, 15) is 5.11 Å². The Kier molecular flexibility index (Phi) is 2.82. The highest BCUT2D eigenvalue weighted by Gasteiger charge is 2.14. The highest BCUT2D eigenvalue weighted by molar-refractivity contribution is 7.21. The Labute approximate surface area is 113 Å². The van der Waals surface area contributed by atoms with Gasteiger partial charge < -0.3 is 9.52 Å². The van der Waals surface area contributed by atoms with Crippen LogP contribution in [0.3, 0.4) is 0 Å². The van der Waals surface area contributed by atoms with Gasteiger partial charge in [-0.2, -0.15) is 5.26 Å². The van der Waals surface area contributed by atoms with Crippen LogP contribution in [-0.2, 0) is 0 Å². The molecule has 2 heterocycles. The maximum atomic E-state index is 9.39. The van der Waals surface area contributed by atoms with E-state index in [1.54, 1.807) is 18.2 Å². The lowest BCUT2D eigenvalue weighted by molar-refractivity contribution is 0.205. The molecule has 0 aliphatic heterocycles. The van der Waals surface area contributed by atoms with Crippen molar-refractivity contribution in [2.75, 3.05) is 0 Å². The Morgan fingerprint density at radius 1 is 1.37 bits per heavy atom. The van der Waals surface area contributed by atoms with E-state index >= 15 is 0 Å². The highest BCUT2D eigenvalue weighted by Crippen LogP contribution is 2.32. The van der Waals surface area contributed by atoms with Crippen molar-refractivity contribution in [2.45, 2.75) is 13.0 Å². The topological polar surface area (TPSA) is 70.1 Å². The number of rotatable bonds is 2. The fourth-order valence-electron chi connectivity index (χ4n) is 1.82. The summed E-state index contributed by atoms with van der Waals surface area (Å²) in [6.45, 7) is 2.03. The molecule has 5 heteroatoms. The molecule has 19 heavy (non-hydrogen) atoms. The zero-order valence-electron chi connectivity index (χ0n) is 10.1. The van der Waals surface area contributed by atoms with Crippen LogP contribution in [0.5, 0.6) is 0 Å². The van der Waals surface area contributed by atoms with E-state index in [-0.39, 0.29) is 5.76 Å². The van der Waals surface area contributed by atoms with Gasteiger partial charge in [0.05, 0.1) is 10.2 Å². The number of aliphatic hydroxyl groups is 1. The lowest BCUT2D eigenvalue weighted by atomic mass is 10.2. The average Bonchev–Trinajstić information content (AvgIpc) is 3.03. The molecule has 1 N–H and O–H groups in total. The van der Waals surface area contributed by atoms with E-state index < -0.39 is 6.10 Å². The van der Waals surface area contributed by atoms with Crippen molar-refractivity contribution in [1.82, 2.24) is 4.98 Å². The van der Waals surface area contributed by atoms with Crippen molar-refractivity contribution in [3.63, 3.8) is 0 Å². The first kappa shape index (κ1) is 11.9. The van der Waals surface area contributed by atoms with E-state index in [1.807, 2.05) is 19.1 Å². The van der Waals surface area contributed by atoms with Crippen LogP contribution in [0.25, 0.3) is 21.0 Å². The Balaban J connectivity index is 2.04. The summed E-state index contributed by atoms with van der Waals surface area (Å²) in [5.74, 6) is 0.816. The maximum Gasteiger partial charge on any atom is 0.198 e. The third-order valence-electron chi connectivity index (χ3n) is 2.77. The Hall–Kier alpha value is -2.16. The van der Waals surface area contributed by atoms with Crippen LogP contribution in [0, 0.1) is 18.3 Å². The van der Waals surface area contributed by atoms with Gasteiger partial charge >= 0.3 is 0 Å². The molecule has 94 valence electrons. The molecule has 0 aliphatic rings. The van der Waals surface area contributed by atoms with Crippen LogP contribution in [-0.4, -0.2) is 10.1 Å². The van der Waals surface area contributed by atoms with Crippen molar-refractivity contribution in [2.24, 2.45) is 0 Å². The van der Waals surface area contributed by atoms with Gasteiger partial charge in [0.1, 0.15) is 11.8 Å². The van der Waals surface area contributed by atoms with Gasteiger partial charge in [0.2, 0.25) is 0 Å². The van der Waals surface area contributed by atoms with E-state index in [2.05, 4.69) is 11.1 Å². The number of hydrogen-bond acceptors (Lipinski definition) is 5. The Morgan fingerprint density at radius 2 is 2.21 bits per heavy atom. The standard InChI is InChI=1S/C14H10N2O2S/c1-8-2-3-9-13(6-8)19-14(16-9)12-5-4-11(18-12)10(17)7-15/h2-6,10,17H,1H3/t10-/m1/s1. The Morgan fingerprint density at radius 3 is 3.00 bits per heavy atom. The normalized spacial score (nSPS) is 12.5. The van der Waals surface area contributed by atoms with E-state index in [1.165, 1.54) is 16.9 Å². The van der Waals surface area contributed by atoms with Gasteiger partial charge in [-0.1, -0.05) is 6.07 Å². The lowest BCUT2D eigenvalue weighted by Crippen LogP contribution is -1.88. The van der Waals surface area contributed by atoms with Crippen molar-refractivity contribution < 1.29 is 9.52 Å². The predicted molar refractivity (Wildman–Crippen MR) is 72.6 cm³/mol. The summed E-state index contributed by atoms with van der Waals surface area (Å²) < 4.78 is 6.55. The van der Waals surface area contributed by atoms with Crippen LogP contribution >= 0.6 is 11.3 Å². The SMILES string of the molecule is Cc1ccc2nc(-c3ccc([C@H](O)C#N)o3)sc2c1. The number of nitriles is 1. The molecule has 2 aromatic heterocycles. The Bertz CT molecular complexity index is 782. The fraction of sp³-hybridized carbons (Fsp3) is 0.143. The van der Waals surface area contributed by atoms with Crippen LogP contribution < -0.4 is 0 Å². The van der Waals surface area contributed by atoms with Gasteiger partial charge in [-0.25, -0.2) is 4.98 Å². The zero-order valence-corrected chi connectivity index (χ0v) is 10.9. The van der Waals surface area contributed by atoms with Crippen LogP contribution in [0.15, 0.2) is 34.7 Å². The summed E-state index contributed by atoms with van der Waals surface area (Å²) in [4.78, 5) is 4.48. The molecule has 0 amide bonds. The minimum Gasteiger partial charge on any atom is -0.455 e. The number of hydrogen-bond donors (Lipinski definition) is 1. The zero-order chi connectivity index (χ0) is 13.4. The highest BCUT2D eigenvalue weighted by atomic mass is 32.1. The second-order valence-corrected chi connectivity index (χ2v) is 5.25. The minimum atomic E-state index is -1.23. The molecule has 0 unspecified atom stereocenters. The van der Waals surface area contributed by atoms with Crippen LogP contribution in [0.2, 0.25) is 0 Å².